The van der Waals surface area contributed by atoms with Gasteiger partial charge in [-0.05, 0) is 12.8 Å². The molecule has 0 radical (unpaired) electrons. The monoisotopic (exact) mass is 272 g/mol. The standard InChI is InChI=1S/C13H24N2O4/c1-18-9-8-14-4-6-15(7-5-14)10-11-2-3-12(19-11)13(16)17/h11-12H,2-10H2,1H3,(H,16,17)/t11-,12+/m1/s1. The molecule has 110 valence electrons. The number of carboxylic acid groups (broad SMARTS) is 1. The van der Waals surface area contributed by atoms with Crippen molar-refractivity contribution in [2.45, 2.75) is 25.0 Å². The molecule has 0 aliphatic carbocycles. The van der Waals surface area contributed by atoms with Gasteiger partial charge in [0.05, 0.1) is 12.7 Å². The molecule has 2 atom stereocenters. The average Bonchev–Trinajstić information content (AvgIpc) is 2.87. The van der Waals surface area contributed by atoms with Crippen LogP contribution < -0.4 is 0 Å². The molecule has 0 unspecified atom stereocenters. The van der Waals surface area contributed by atoms with E-state index in [1.54, 1.807) is 7.11 Å². The molecule has 6 nitrogen and oxygen atoms in total. The van der Waals surface area contributed by atoms with Gasteiger partial charge in [0, 0.05) is 46.4 Å². The summed E-state index contributed by atoms with van der Waals surface area (Å²) in [6.07, 6.45) is 1.01. The van der Waals surface area contributed by atoms with Crippen molar-refractivity contribution in [3.63, 3.8) is 0 Å². The fraction of sp³-hybridized carbons (Fsp3) is 0.923. The van der Waals surface area contributed by atoms with E-state index in [-0.39, 0.29) is 6.10 Å². The fourth-order valence-corrected chi connectivity index (χ4v) is 2.73. The van der Waals surface area contributed by atoms with Crippen LogP contribution in [0.5, 0.6) is 0 Å². The number of aliphatic carboxylic acids is 1. The van der Waals surface area contributed by atoms with Gasteiger partial charge >= 0.3 is 5.97 Å². The van der Waals surface area contributed by atoms with Crippen molar-refractivity contribution in [3.05, 3.63) is 0 Å². The SMILES string of the molecule is COCCN1CCN(C[C@H]2CC[C@@H](C(=O)O)O2)CC1. The molecular weight excluding hydrogens is 248 g/mol. The minimum atomic E-state index is -0.827. The highest BCUT2D eigenvalue weighted by Crippen LogP contribution is 2.21. The molecule has 0 aromatic heterocycles. The lowest BCUT2D eigenvalue weighted by Crippen LogP contribution is -2.49. The molecule has 2 saturated heterocycles. The summed E-state index contributed by atoms with van der Waals surface area (Å²) in [6, 6.07) is 0. The van der Waals surface area contributed by atoms with Crippen molar-refractivity contribution in [1.29, 1.82) is 0 Å². The molecule has 1 N–H and O–H groups in total. The molecule has 2 fully saturated rings. The van der Waals surface area contributed by atoms with Crippen LogP contribution in [0.1, 0.15) is 12.8 Å². The van der Waals surface area contributed by atoms with Crippen molar-refractivity contribution in [3.8, 4) is 0 Å². The summed E-state index contributed by atoms with van der Waals surface area (Å²) in [5.41, 5.74) is 0. The summed E-state index contributed by atoms with van der Waals surface area (Å²) in [4.78, 5) is 15.6. The van der Waals surface area contributed by atoms with Crippen molar-refractivity contribution < 1.29 is 19.4 Å². The Morgan fingerprint density at radius 1 is 1.26 bits per heavy atom. The van der Waals surface area contributed by atoms with Gasteiger partial charge in [-0.15, -0.1) is 0 Å². The zero-order valence-corrected chi connectivity index (χ0v) is 11.6. The van der Waals surface area contributed by atoms with Crippen LogP contribution in [0.3, 0.4) is 0 Å². The van der Waals surface area contributed by atoms with Crippen molar-refractivity contribution >= 4 is 5.97 Å². The molecular formula is C13H24N2O4. The smallest absolute Gasteiger partial charge is 0.332 e. The van der Waals surface area contributed by atoms with Crippen LogP contribution in [0.2, 0.25) is 0 Å². The molecule has 2 heterocycles. The Hall–Kier alpha value is -0.690. The quantitative estimate of drug-likeness (QED) is 0.727. The van der Waals surface area contributed by atoms with E-state index in [4.69, 9.17) is 14.6 Å². The Morgan fingerprint density at radius 2 is 1.95 bits per heavy atom. The van der Waals surface area contributed by atoms with E-state index in [0.717, 1.165) is 52.3 Å². The summed E-state index contributed by atoms with van der Waals surface area (Å²) in [6.45, 7) is 6.80. The fourth-order valence-electron chi connectivity index (χ4n) is 2.73. The van der Waals surface area contributed by atoms with Gasteiger partial charge < -0.3 is 14.6 Å². The topological polar surface area (TPSA) is 62.2 Å². The number of methoxy groups -OCH3 is 1. The number of piperazine rings is 1. The van der Waals surface area contributed by atoms with Crippen molar-refractivity contribution in [2.24, 2.45) is 0 Å². The van der Waals surface area contributed by atoms with Gasteiger partial charge in [-0.25, -0.2) is 4.79 Å². The Kier molecular flexibility index (Phi) is 5.57. The van der Waals surface area contributed by atoms with E-state index in [0.29, 0.717) is 6.42 Å². The molecule has 19 heavy (non-hydrogen) atoms. The lowest BCUT2D eigenvalue weighted by molar-refractivity contribution is -0.149. The number of ether oxygens (including phenoxy) is 2. The first-order valence-electron chi connectivity index (χ1n) is 7.01. The van der Waals surface area contributed by atoms with Crippen LogP contribution >= 0.6 is 0 Å². The second-order valence-electron chi connectivity index (χ2n) is 5.30. The van der Waals surface area contributed by atoms with Crippen molar-refractivity contribution in [2.75, 3.05) is 53.0 Å². The molecule has 0 saturated carbocycles. The number of hydrogen-bond donors (Lipinski definition) is 1. The summed E-state index contributed by atoms with van der Waals surface area (Å²) in [7, 11) is 1.73. The van der Waals surface area contributed by atoms with E-state index in [1.165, 1.54) is 0 Å². The van der Waals surface area contributed by atoms with Gasteiger partial charge in [0.2, 0.25) is 0 Å². The van der Waals surface area contributed by atoms with Gasteiger partial charge in [0.1, 0.15) is 0 Å². The number of hydrogen-bond acceptors (Lipinski definition) is 5. The summed E-state index contributed by atoms with van der Waals surface area (Å²) in [5.74, 6) is -0.827. The second-order valence-corrected chi connectivity index (χ2v) is 5.30. The lowest BCUT2D eigenvalue weighted by Gasteiger charge is -2.35. The van der Waals surface area contributed by atoms with E-state index in [1.807, 2.05) is 0 Å². The number of carbonyl (C=O) groups is 1. The van der Waals surface area contributed by atoms with Crippen LogP contribution in [0.15, 0.2) is 0 Å². The Labute approximate surface area is 114 Å². The first kappa shape index (κ1) is 14.7. The normalized spacial score (nSPS) is 29.7. The van der Waals surface area contributed by atoms with E-state index in [2.05, 4.69) is 9.80 Å². The Morgan fingerprint density at radius 3 is 2.53 bits per heavy atom. The number of rotatable bonds is 6. The molecule has 2 aliphatic rings. The summed E-state index contributed by atoms with van der Waals surface area (Å²) in [5, 5.41) is 8.90. The molecule has 0 amide bonds. The van der Waals surface area contributed by atoms with E-state index < -0.39 is 12.1 Å². The maximum Gasteiger partial charge on any atom is 0.332 e. The highest BCUT2D eigenvalue weighted by molar-refractivity contribution is 5.72. The maximum absolute atomic E-state index is 10.8. The second kappa shape index (κ2) is 7.19. The zero-order valence-electron chi connectivity index (χ0n) is 11.6. The maximum atomic E-state index is 10.8. The lowest BCUT2D eigenvalue weighted by atomic mass is 10.2. The minimum Gasteiger partial charge on any atom is -0.479 e. The Bertz CT molecular complexity index is 292. The summed E-state index contributed by atoms with van der Waals surface area (Å²) < 4.78 is 10.6. The minimum absolute atomic E-state index is 0.0895. The van der Waals surface area contributed by atoms with Gasteiger partial charge in [0.25, 0.3) is 0 Å². The zero-order chi connectivity index (χ0) is 13.7. The molecule has 0 aromatic rings. The van der Waals surface area contributed by atoms with Crippen LogP contribution in [-0.4, -0.2) is 86.1 Å². The molecule has 2 aliphatic heterocycles. The van der Waals surface area contributed by atoms with Crippen LogP contribution in [0.25, 0.3) is 0 Å². The third-order valence-corrected chi connectivity index (χ3v) is 3.92. The molecule has 0 spiro atoms. The van der Waals surface area contributed by atoms with E-state index >= 15 is 0 Å². The Balaban J connectivity index is 1.65. The predicted octanol–water partition coefficient (Wildman–Crippen LogP) is -0.117. The molecule has 2 rings (SSSR count). The number of carboxylic acids is 1. The van der Waals surface area contributed by atoms with Gasteiger partial charge in [-0.2, -0.15) is 0 Å². The summed E-state index contributed by atoms with van der Waals surface area (Å²) >= 11 is 0. The largest absolute Gasteiger partial charge is 0.479 e. The third-order valence-electron chi connectivity index (χ3n) is 3.92. The number of nitrogens with zero attached hydrogens (tertiary/aromatic N) is 2. The van der Waals surface area contributed by atoms with E-state index in [9.17, 15) is 4.79 Å². The highest BCUT2D eigenvalue weighted by Gasteiger charge is 2.32. The molecule has 6 heteroatoms. The average molecular weight is 272 g/mol. The van der Waals surface area contributed by atoms with Gasteiger partial charge in [-0.1, -0.05) is 0 Å². The first-order valence-corrected chi connectivity index (χ1v) is 7.01. The van der Waals surface area contributed by atoms with Crippen LogP contribution in [-0.2, 0) is 14.3 Å². The molecule has 0 aromatic carbocycles. The van der Waals surface area contributed by atoms with Crippen molar-refractivity contribution in [1.82, 2.24) is 9.80 Å². The highest BCUT2D eigenvalue weighted by atomic mass is 16.5. The van der Waals surface area contributed by atoms with Gasteiger partial charge in [0.15, 0.2) is 6.10 Å². The van der Waals surface area contributed by atoms with Crippen LogP contribution in [0.4, 0.5) is 0 Å². The first-order chi connectivity index (χ1) is 9.19. The predicted molar refractivity (Wildman–Crippen MR) is 70.3 cm³/mol. The molecule has 0 bridgehead atoms. The van der Waals surface area contributed by atoms with Gasteiger partial charge in [-0.3, -0.25) is 9.80 Å². The third kappa shape index (κ3) is 4.42. The van der Waals surface area contributed by atoms with Crippen LogP contribution in [0, 0.1) is 0 Å².